The van der Waals surface area contributed by atoms with E-state index in [0.717, 1.165) is 30.7 Å². The van der Waals surface area contributed by atoms with Crippen LogP contribution in [0.25, 0.3) is 10.9 Å². The largest absolute Gasteiger partial charge is 0.396 e. The maximum Gasteiger partial charge on any atom is 0.0705 e. The molecule has 1 aromatic heterocycles. The van der Waals surface area contributed by atoms with Crippen LogP contribution in [0.2, 0.25) is 0 Å². The third kappa shape index (κ3) is 2.78. The number of hydrogen-bond donors (Lipinski definition) is 2. The topological polar surface area (TPSA) is 45.1 Å². The van der Waals surface area contributed by atoms with Gasteiger partial charge in [-0.3, -0.25) is 4.98 Å². The van der Waals surface area contributed by atoms with Gasteiger partial charge in [0, 0.05) is 18.5 Å². The molecular formula is C13H16N2O. The zero-order chi connectivity index (χ0) is 11.2. The van der Waals surface area contributed by atoms with Crippen molar-refractivity contribution in [2.75, 3.05) is 13.2 Å². The number of para-hydroxylation sites is 1. The van der Waals surface area contributed by atoms with E-state index in [1.165, 1.54) is 5.39 Å². The van der Waals surface area contributed by atoms with Crippen molar-refractivity contribution in [2.45, 2.75) is 13.0 Å². The second kappa shape index (κ2) is 5.58. The minimum absolute atomic E-state index is 0.234. The summed E-state index contributed by atoms with van der Waals surface area (Å²) in [4.78, 5) is 4.55. The van der Waals surface area contributed by atoms with Gasteiger partial charge in [-0.05, 0) is 25.1 Å². The molecule has 2 N–H and O–H groups in total. The van der Waals surface area contributed by atoms with Gasteiger partial charge in [0.25, 0.3) is 0 Å². The Bertz CT molecular complexity index is 456. The summed E-state index contributed by atoms with van der Waals surface area (Å²) in [5.74, 6) is 0. The number of aliphatic hydroxyl groups excluding tert-OH is 1. The Hall–Kier alpha value is -1.45. The summed E-state index contributed by atoms with van der Waals surface area (Å²) >= 11 is 0. The number of pyridine rings is 1. The third-order valence-corrected chi connectivity index (χ3v) is 2.47. The molecule has 0 aliphatic heterocycles. The summed E-state index contributed by atoms with van der Waals surface area (Å²) < 4.78 is 0. The van der Waals surface area contributed by atoms with Crippen molar-refractivity contribution in [2.24, 2.45) is 0 Å². The fourth-order valence-corrected chi connectivity index (χ4v) is 1.63. The maximum absolute atomic E-state index is 8.65. The van der Waals surface area contributed by atoms with Crippen LogP contribution in [-0.2, 0) is 6.54 Å². The number of rotatable bonds is 5. The summed E-state index contributed by atoms with van der Waals surface area (Å²) in [5.41, 5.74) is 2.07. The van der Waals surface area contributed by atoms with Gasteiger partial charge in [0.15, 0.2) is 0 Å². The van der Waals surface area contributed by atoms with Crippen LogP contribution in [-0.4, -0.2) is 23.2 Å². The number of nitrogens with one attached hydrogen (secondary N) is 1. The number of aromatic nitrogens is 1. The van der Waals surface area contributed by atoms with Gasteiger partial charge in [-0.1, -0.05) is 24.3 Å². The molecule has 1 heterocycles. The fourth-order valence-electron chi connectivity index (χ4n) is 1.63. The van der Waals surface area contributed by atoms with Crippen LogP contribution in [0.15, 0.2) is 36.4 Å². The van der Waals surface area contributed by atoms with Crippen LogP contribution < -0.4 is 5.32 Å². The van der Waals surface area contributed by atoms with E-state index >= 15 is 0 Å². The van der Waals surface area contributed by atoms with E-state index in [9.17, 15) is 0 Å². The van der Waals surface area contributed by atoms with Crippen LogP contribution in [0.5, 0.6) is 0 Å². The van der Waals surface area contributed by atoms with Crippen molar-refractivity contribution < 1.29 is 5.11 Å². The smallest absolute Gasteiger partial charge is 0.0705 e. The highest BCUT2D eigenvalue weighted by Crippen LogP contribution is 2.11. The molecule has 0 fully saturated rings. The molecule has 2 aromatic rings. The lowest BCUT2D eigenvalue weighted by molar-refractivity contribution is 0.286. The Labute approximate surface area is 95.1 Å². The van der Waals surface area contributed by atoms with Gasteiger partial charge in [-0.25, -0.2) is 0 Å². The van der Waals surface area contributed by atoms with Crippen LogP contribution in [0, 0.1) is 0 Å². The number of nitrogens with zero attached hydrogens (tertiary/aromatic N) is 1. The summed E-state index contributed by atoms with van der Waals surface area (Å²) in [7, 11) is 0. The quantitative estimate of drug-likeness (QED) is 0.748. The van der Waals surface area contributed by atoms with Crippen molar-refractivity contribution >= 4 is 10.9 Å². The maximum atomic E-state index is 8.65. The highest BCUT2D eigenvalue weighted by atomic mass is 16.3. The van der Waals surface area contributed by atoms with Crippen LogP contribution in [0.1, 0.15) is 12.1 Å². The molecule has 84 valence electrons. The monoisotopic (exact) mass is 216 g/mol. The standard InChI is InChI=1S/C13H16N2O/c16-9-3-8-14-10-12-7-6-11-4-1-2-5-13(11)15-12/h1-2,4-7,14,16H,3,8-10H2. The Morgan fingerprint density at radius 1 is 1.12 bits per heavy atom. The molecule has 16 heavy (non-hydrogen) atoms. The Morgan fingerprint density at radius 2 is 2.00 bits per heavy atom. The molecule has 0 saturated carbocycles. The van der Waals surface area contributed by atoms with E-state index in [4.69, 9.17) is 5.11 Å². The van der Waals surface area contributed by atoms with E-state index in [1.807, 2.05) is 24.3 Å². The molecule has 0 bridgehead atoms. The SMILES string of the molecule is OCCCNCc1ccc2ccccc2n1. The van der Waals surface area contributed by atoms with E-state index in [-0.39, 0.29) is 6.61 Å². The summed E-state index contributed by atoms with van der Waals surface area (Å²) in [6.45, 7) is 1.81. The fraction of sp³-hybridized carbons (Fsp3) is 0.308. The number of benzene rings is 1. The zero-order valence-corrected chi connectivity index (χ0v) is 9.19. The highest BCUT2D eigenvalue weighted by Gasteiger charge is 1.97. The minimum Gasteiger partial charge on any atom is -0.396 e. The molecule has 0 amide bonds. The number of aliphatic hydroxyl groups is 1. The molecule has 0 spiro atoms. The minimum atomic E-state index is 0.234. The molecule has 0 radical (unpaired) electrons. The van der Waals surface area contributed by atoms with Crippen LogP contribution in [0.4, 0.5) is 0 Å². The van der Waals surface area contributed by atoms with E-state index in [0.29, 0.717) is 0 Å². The van der Waals surface area contributed by atoms with Crippen molar-refractivity contribution in [3.05, 3.63) is 42.1 Å². The Balaban J connectivity index is 2.02. The van der Waals surface area contributed by atoms with Crippen LogP contribution in [0.3, 0.4) is 0 Å². The van der Waals surface area contributed by atoms with E-state index in [2.05, 4.69) is 22.4 Å². The van der Waals surface area contributed by atoms with E-state index < -0.39 is 0 Å². The van der Waals surface area contributed by atoms with Gasteiger partial charge in [0.1, 0.15) is 0 Å². The second-order valence-electron chi connectivity index (χ2n) is 3.75. The molecule has 0 aliphatic rings. The molecule has 3 heteroatoms. The molecule has 0 unspecified atom stereocenters. The van der Waals surface area contributed by atoms with Crippen molar-refractivity contribution in [1.29, 1.82) is 0 Å². The lowest BCUT2D eigenvalue weighted by Crippen LogP contribution is -2.16. The zero-order valence-electron chi connectivity index (χ0n) is 9.19. The first-order chi connectivity index (χ1) is 7.90. The van der Waals surface area contributed by atoms with Gasteiger partial charge in [0.2, 0.25) is 0 Å². The lowest BCUT2D eigenvalue weighted by Gasteiger charge is -2.04. The Kier molecular flexibility index (Phi) is 3.86. The van der Waals surface area contributed by atoms with Crippen molar-refractivity contribution in [1.82, 2.24) is 10.3 Å². The second-order valence-corrected chi connectivity index (χ2v) is 3.75. The number of hydrogen-bond acceptors (Lipinski definition) is 3. The predicted molar refractivity (Wildman–Crippen MR) is 65.2 cm³/mol. The first kappa shape index (κ1) is 11.0. The Morgan fingerprint density at radius 3 is 2.88 bits per heavy atom. The summed E-state index contributed by atoms with van der Waals surface area (Å²) in [6.07, 6.45) is 0.785. The highest BCUT2D eigenvalue weighted by molar-refractivity contribution is 5.78. The van der Waals surface area contributed by atoms with Crippen molar-refractivity contribution in [3.63, 3.8) is 0 Å². The molecule has 1 aromatic carbocycles. The van der Waals surface area contributed by atoms with Gasteiger partial charge in [0.05, 0.1) is 11.2 Å². The van der Waals surface area contributed by atoms with Crippen LogP contribution >= 0.6 is 0 Å². The summed E-state index contributed by atoms with van der Waals surface area (Å²) in [5, 5.41) is 13.1. The first-order valence-corrected chi connectivity index (χ1v) is 5.56. The predicted octanol–water partition coefficient (Wildman–Crippen LogP) is 1.71. The molecule has 0 aliphatic carbocycles. The molecule has 0 atom stereocenters. The average Bonchev–Trinajstić information content (AvgIpc) is 2.34. The number of fused-ring (bicyclic) bond motifs is 1. The van der Waals surface area contributed by atoms with E-state index in [1.54, 1.807) is 0 Å². The van der Waals surface area contributed by atoms with Gasteiger partial charge >= 0.3 is 0 Å². The first-order valence-electron chi connectivity index (χ1n) is 5.56. The molecule has 0 saturated heterocycles. The molecular weight excluding hydrogens is 200 g/mol. The molecule has 3 nitrogen and oxygen atoms in total. The average molecular weight is 216 g/mol. The molecule has 2 rings (SSSR count). The lowest BCUT2D eigenvalue weighted by atomic mass is 10.2. The van der Waals surface area contributed by atoms with Gasteiger partial charge < -0.3 is 10.4 Å². The normalized spacial score (nSPS) is 10.8. The van der Waals surface area contributed by atoms with Gasteiger partial charge in [-0.2, -0.15) is 0 Å². The van der Waals surface area contributed by atoms with Crippen molar-refractivity contribution in [3.8, 4) is 0 Å². The van der Waals surface area contributed by atoms with Gasteiger partial charge in [-0.15, -0.1) is 0 Å². The third-order valence-electron chi connectivity index (χ3n) is 2.47. The summed E-state index contributed by atoms with van der Waals surface area (Å²) in [6, 6.07) is 12.2.